The lowest BCUT2D eigenvalue weighted by Gasteiger charge is -2.21. The van der Waals surface area contributed by atoms with Crippen molar-refractivity contribution in [1.29, 1.82) is 0 Å². The topological polar surface area (TPSA) is 194 Å². The molecule has 0 bridgehead atoms. The Morgan fingerprint density at radius 2 is 1.40 bits per heavy atom. The van der Waals surface area contributed by atoms with Crippen LogP contribution in [0.5, 0.6) is 0 Å². The normalized spacial score (nSPS) is 14.5. The molecule has 0 saturated heterocycles. The van der Waals surface area contributed by atoms with Crippen LogP contribution in [0.3, 0.4) is 0 Å². The Bertz CT molecular complexity index is 785. The van der Waals surface area contributed by atoms with Crippen molar-refractivity contribution in [3.63, 3.8) is 0 Å². The number of carbonyl (C=O) groups excluding carboxylic acids is 4. The molecule has 0 spiro atoms. The maximum atomic E-state index is 12.2. The minimum atomic E-state index is -1.51. The number of benzene rings is 1. The smallest absolute Gasteiger partial charge is 0.326 e. The van der Waals surface area contributed by atoms with E-state index in [-0.39, 0.29) is 6.42 Å². The standard InChI is InChI=1S/C19H27N5O6/c1-10(23-18(28)13(20)8-12-6-4-3-5-7-12)16(26)22-11(2)17(27)24-14(19(29)30)9-15(21)25/h3-7,10-11,13-14H,8-9,20H2,1-2H3,(H2,21,25)(H,22,26)(H,23,28)(H,24,27)(H,29,30). The summed E-state index contributed by atoms with van der Waals surface area (Å²) in [6, 6.07) is 4.64. The first-order valence-electron chi connectivity index (χ1n) is 9.23. The molecular weight excluding hydrogens is 394 g/mol. The van der Waals surface area contributed by atoms with Crippen molar-refractivity contribution in [2.45, 2.75) is 50.9 Å². The van der Waals surface area contributed by atoms with Gasteiger partial charge in [-0.15, -0.1) is 0 Å². The molecule has 0 aliphatic heterocycles. The molecule has 0 heterocycles. The van der Waals surface area contributed by atoms with Gasteiger partial charge in [0.05, 0.1) is 12.5 Å². The van der Waals surface area contributed by atoms with Gasteiger partial charge in [0.1, 0.15) is 18.1 Å². The number of rotatable bonds is 11. The number of carbonyl (C=O) groups is 5. The SMILES string of the molecule is CC(NC(=O)C(N)Cc1ccccc1)C(=O)NC(C)C(=O)NC(CC(N)=O)C(=O)O. The molecule has 0 fully saturated rings. The Balaban J connectivity index is 2.55. The molecule has 1 aromatic rings. The van der Waals surface area contributed by atoms with E-state index in [4.69, 9.17) is 16.6 Å². The van der Waals surface area contributed by atoms with Crippen molar-refractivity contribution in [2.24, 2.45) is 11.5 Å². The molecule has 0 aliphatic carbocycles. The lowest BCUT2D eigenvalue weighted by atomic mass is 10.1. The number of amides is 4. The predicted octanol–water partition coefficient (Wildman–Crippen LogP) is -1.99. The third-order valence-electron chi connectivity index (χ3n) is 4.16. The Morgan fingerprint density at radius 3 is 1.90 bits per heavy atom. The molecular formula is C19H27N5O6. The summed E-state index contributed by atoms with van der Waals surface area (Å²) in [6.07, 6.45) is -0.302. The molecule has 30 heavy (non-hydrogen) atoms. The second kappa shape index (κ2) is 11.5. The highest BCUT2D eigenvalue weighted by atomic mass is 16.4. The molecule has 0 radical (unpaired) electrons. The number of primary amides is 1. The fraction of sp³-hybridized carbons (Fsp3) is 0.421. The number of hydrogen-bond acceptors (Lipinski definition) is 6. The molecule has 1 aromatic carbocycles. The van der Waals surface area contributed by atoms with Crippen molar-refractivity contribution in [3.05, 3.63) is 35.9 Å². The molecule has 4 unspecified atom stereocenters. The monoisotopic (exact) mass is 421 g/mol. The van der Waals surface area contributed by atoms with Gasteiger partial charge >= 0.3 is 5.97 Å². The van der Waals surface area contributed by atoms with Crippen LogP contribution in [0.15, 0.2) is 30.3 Å². The summed E-state index contributed by atoms with van der Waals surface area (Å²) in [7, 11) is 0. The van der Waals surface area contributed by atoms with E-state index in [1.807, 2.05) is 30.3 Å². The largest absolute Gasteiger partial charge is 0.480 e. The number of nitrogens with two attached hydrogens (primary N) is 2. The third kappa shape index (κ3) is 8.27. The lowest BCUT2D eigenvalue weighted by molar-refractivity contribution is -0.143. The Labute approximate surface area is 173 Å². The van der Waals surface area contributed by atoms with Crippen molar-refractivity contribution >= 4 is 29.6 Å². The maximum Gasteiger partial charge on any atom is 0.326 e. The van der Waals surface area contributed by atoms with Gasteiger partial charge in [-0.25, -0.2) is 4.79 Å². The van der Waals surface area contributed by atoms with Gasteiger partial charge in [-0.2, -0.15) is 0 Å². The van der Waals surface area contributed by atoms with Gasteiger partial charge in [0.2, 0.25) is 23.6 Å². The Kier molecular flexibility index (Phi) is 9.43. The number of nitrogens with one attached hydrogen (secondary N) is 3. The molecule has 8 N–H and O–H groups in total. The average Bonchev–Trinajstić information content (AvgIpc) is 2.67. The quantitative estimate of drug-likeness (QED) is 0.238. The third-order valence-corrected chi connectivity index (χ3v) is 4.16. The van der Waals surface area contributed by atoms with Crippen molar-refractivity contribution in [3.8, 4) is 0 Å². The van der Waals surface area contributed by atoms with Gasteiger partial charge in [-0.3, -0.25) is 19.2 Å². The van der Waals surface area contributed by atoms with Gasteiger partial charge in [0.15, 0.2) is 0 Å². The fourth-order valence-corrected chi connectivity index (χ4v) is 2.45. The van der Waals surface area contributed by atoms with Gasteiger partial charge in [-0.05, 0) is 25.8 Å². The first-order valence-corrected chi connectivity index (χ1v) is 9.23. The highest BCUT2D eigenvalue weighted by Gasteiger charge is 2.27. The van der Waals surface area contributed by atoms with Gasteiger partial charge < -0.3 is 32.5 Å². The van der Waals surface area contributed by atoms with Crippen LogP contribution >= 0.6 is 0 Å². The van der Waals surface area contributed by atoms with E-state index in [1.54, 1.807) is 0 Å². The fourth-order valence-electron chi connectivity index (χ4n) is 2.45. The van der Waals surface area contributed by atoms with Gasteiger partial charge in [0.25, 0.3) is 0 Å². The van der Waals surface area contributed by atoms with Crippen LogP contribution in [0, 0.1) is 0 Å². The molecule has 4 atom stereocenters. The lowest BCUT2D eigenvalue weighted by Crippen LogP contribution is -2.55. The van der Waals surface area contributed by atoms with E-state index in [0.29, 0.717) is 0 Å². The molecule has 4 amide bonds. The van der Waals surface area contributed by atoms with Crippen LogP contribution in [0.4, 0.5) is 0 Å². The summed E-state index contributed by atoms with van der Waals surface area (Å²) >= 11 is 0. The van der Waals surface area contributed by atoms with E-state index in [0.717, 1.165) is 5.56 Å². The van der Waals surface area contributed by atoms with E-state index in [1.165, 1.54) is 13.8 Å². The first kappa shape index (κ1) is 24.6. The predicted molar refractivity (Wildman–Crippen MR) is 107 cm³/mol. The van der Waals surface area contributed by atoms with Crippen molar-refractivity contribution in [2.75, 3.05) is 0 Å². The zero-order valence-corrected chi connectivity index (χ0v) is 16.8. The molecule has 1 rings (SSSR count). The van der Waals surface area contributed by atoms with Crippen LogP contribution in [0.1, 0.15) is 25.8 Å². The summed E-state index contributed by atoms with van der Waals surface area (Å²) < 4.78 is 0. The van der Waals surface area contributed by atoms with Crippen molar-refractivity contribution < 1.29 is 29.1 Å². The number of carboxylic acid groups (broad SMARTS) is 1. The highest BCUT2D eigenvalue weighted by molar-refractivity contribution is 5.94. The minimum absolute atomic E-state index is 0.288. The average molecular weight is 421 g/mol. The van der Waals surface area contributed by atoms with Crippen LogP contribution in [-0.4, -0.2) is 58.9 Å². The zero-order chi connectivity index (χ0) is 22.8. The number of aliphatic carboxylic acids is 1. The second-order valence-electron chi connectivity index (χ2n) is 6.83. The summed E-state index contributed by atoms with van der Waals surface area (Å²) in [6.45, 7) is 2.74. The van der Waals surface area contributed by atoms with Crippen LogP contribution in [0.2, 0.25) is 0 Å². The maximum absolute atomic E-state index is 12.2. The molecule has 11 nitrogen and oxygen atoms in total. The van der Waals surface area contributed by atoms with Gasteiger partial charge in [-0.1, -0.05) is 30.3 Å². The second-order valence-corrected chi connectivity index (χ2v) is 6.83. The van der Waals surface area contributed by atoms with Gasteiger partial charge in [0, 0.05) is 0 Å². The van der Waals surface area contributed by atoms with E-state index in [9.17, 15) is 24.0 Å². The zero-order valence-electron chi connectivity index (χ0n) is 16.8. The minimum Gasteiger partial charge on any atom is -0.480 e. The Hall–Kier alpha value is -3.47. The van der Waals surface area contributed by atoms with Crippen LogP contribution < -0.4 is 27.4 Å². The molecule has 164 valence electrons. The molecule has 0 aromatic heterocycles. The Morgan fingerprint density at radius 1 is 0.900 bits per heavy atom. The summed E-state index contributed by atoms with van der Waals surface area (Å²) in [5, 5.41) is 15.9. The summed E-state index contributed by atoms with van der Waals surface area (Å²) in [5.74, 6) is -4.36. The van der Waals surface area contributed by atoms with Crippen LogP contribution in [-0.2, 0) is 30.4 Å². The molecule has 0 saturated carbocycles. The summed E-state index contributed by atoms with van der Waals surface area (Å²) in [5.41, 5.74) is 11.7. The van der Waals surface area contributed by atoms with E-state index >= 15 is 0 Å². The summed E-state index contributed by atoms with van der Waals surface area (Å²) in [4.78, 5) is 58.5. The van der Waals surface area contributed by atoms with Crippen molar-refractivity contribution in [1.82, 2.24) is 16.0 Å². The van der Waals surface area contributed by atoms with E-state index < -0.39 is 60.2 Å². The van der Waals surface area contributed by atoms with E-state index in [2.05, 4.69) is 16.0 Å². The highest BCUT2D eigenvalue weighted by Crippen LogP contribution is 2.02. The molecule has 0 aliphatic rings. The number of carboxylic acids is 1. The van der Waals surface area contributed by atoms with Crippen LogP contribution in [0.25, 0.3) is 0 Å². The first-order chi connectivity index (χ1) is 14.0. The molecule has 11 heteroatoms. The number of hydrogen-bond donors (Lipinski definition) is 6.